The molecule has 0 amide bonds. The fraction of sp³-hybridized carbons (Fsp3) is 0.562. The van der Waals surface area contributed by atoms with E-state index in [0.29, 0.717) is 0 Å². The van der Waals surface area contributed by atoms with Gasteiger partial charge in [-0.15, -0.1) is 0 Å². The molecule has 0 radical (unpaired) electrons. The van der Waals surface area contributed by atoms with E-state index < -0.39 is 5.97 Å². The summed E-state index contributed by atoms with van der Waals surface area (Å²) in [5.74, 6) is -0.733. The van der Waals surface area contributed by atoms with Crippen LogP contribution in [-0.2, 0) is 11.3 Å². The molecule has 0 saturated heterocycles. The number of nitrogens with zero attached hydrogens (tertiary/aromatic N) is 1. The van der Waals surface area contributed by atoms with Gasteiger partial charge in [-0.05, 0) is 50.9 Å². The van der Waals surface area contributed by atoms with Crippen LogP contribution in [0.3, 0.4) is 0 Å². The number of benzene rings is 1. The number of hydrogen-bond acceptors (Lipinski definition) is 2. The highest BCUT2D eigenvalue weighted by molar-refractivity contribution is 5.67. The maximum Gasteiger partial charge on any atom is 0.304 e. The number of carboxylic acid groups (broad SMARTS) is 1. The molecule has 3 nitrogen and oxygen atoms in total. The smallest absolute Gasteiger partial charge is 0.304 e. The standard InChI is InChI=1S/C16H25NO2/c1-6-17(14(5)9-16(18)19)10-15-12(3)7-11(2)8-13(15)4/h7-8,14H,6,9-10H2,1-5H3,(H,18,19). The second-order valence-corrected chi connectivity index (χ2v) is 5.39. The molecule has 0 aromatic heterocycles. The third-order valence-electron chi connectivity index (χ3n) is 3.70. The van der Waals surface area contributed by atoms with Crippen LogP contribution in [0.4, 0.5) is 0 Å². The van der Waals surface area contributed by atoms with Gasteiger partial charge in [0.2, 0.25) is 0 Å². The first-order chi connectivity index (χ1) is 8.85. The minimum absolute atomic E-state index is 0.0580. The average molecular weight is 263 g/mol. The largest absolute Gasteiger partial charge is 0.481 e. The Kier molecular flexibility index (Phi) is 5.55. The van der Waals surface area contributed by atoms with Crippen molar-refractivity contribution in [1.82, 2.24) is 4.90 Å². The molecule has 1 aromatic rings. The lowest BCUT2D eigenvalue weighted by Gasteiger charge is -2.28. The van der Waals surface area contributed by atoms with Crippen molar-refractivity contribution in [2.24, 2.45) is 0 Å². The Morgan fingerprint density at radius 2 is 1.79 bits per heavy atom. The number of aryl methyl sites for hydroxylation is 3. The first-order valence-corrected chi connectivity index (χ1v) is 6.87. The van der Waals surface area contributed by atoms with Crippen molar-refractivity contribution < 1.29 is 9.90 Å². The number of carboxylic acids is 1. The van der Waals surface area contributed by atoms with Gasteiger partial charge in [-0.25, -0.2) is 0 Å². The molecule has 0 aliphatic carbocycles. The summed E-state index contributed by atoms with van der Waals surface area (Å²) in [6, 6.07) is 4.44. The molecular weight excluding hydrogens is 238 g/mol. The number of hydrogen-bond donors (Lipinski definition) is 1. The predicted molar refractivity (Wildman–Crippen MR) is 78.5 cm³/mol. The van der Waals surface area contributed by atoms with Gasteiger partial charge in [0, 0.05) is 12.6 Å². The monoisotopic (exact) mass is 263 g/mol. The summed E-state index contributed by atoms with van der Waals surface area (Å²) in [7, 11) is 0. The molecule has 1 atom stereocenters. The molecule has 0 aliphatic heterocycles. The van der Waals surface area contributed by atoms with Crippen molar-refractivity contribution in [3.63, 3.8) is 0 Å². The van der Waals surface area contributed by atoms with Gasteiger partial charge in [0.05, 0.1) is 6.42 Å². The fourth-order valence-electron chi connectivity index (χ4n) is 2.62. The van der Waals surface area contributed by atoms with Gasteiger partial charge in [0.1, 0.15) is 0 Å². The Morgan fingerprint density at radius 1 is 1.26 bits per heavy atom. The Bertz CT molecular complexity index is 431. The highest BCUT2D eigenvalue weighted by atomic mass is 16.4. The molecule has 19 heavy (non-hydrogen) atoms. The lowest BCUT2D eigenvalue weighted by molar-refractivity contribution is -0.138. The minimum atomic E-state index is -0.733. The first kappa shape index (κ1) is 15.7. The van der Waals surface area contributed by atoms with Crippen molar-refractivity contribution in [3.05, 3.63) is 34.4 Å². The summed E-state index contributed by atoms with van der Waals surface area (Å²) >= 11 is 0. The van der Waals surface area contributed by atoms with E-state index in [0.717, 1.165) is 13.1 Å². The van der Waals surface area contributed by atoms with E-state index in [1.807, 2.05) is 6.92 Å². The molecule has 1 N–H and O–H groups in total. The molecule has 0 aliphatic rings. The molecule has 1 unspecified atom stereocenters. The molecule has 0 heterocycles. The van der Waals surface area contributed by atoms with E-state index in [1.165, 1.54) is 22.3 Å². The van der Waals surface area contributed by atoms with Gasteiger partial charge < -0.3 is 5.11 Å². The molecule has 3 heteroatoms. The van der Waals surface area contributed by atoms with E-state index >= 15 is 0 Å². The zero-order valence-electron chi connectivity index (χ0n) is 12.7. The molecular formula is C16H25NO2. The van der Waals surface area contributed by atoms with Crippen molar-refractivity contribution in [1.29, 1.82) is 0 Å². The number of carbonyl (C=O) groups is 1. The van der Waals surface area contributed by atoms with Crippen molar-refractivity contribution >= 4 is 5.97 Å². The van der Waals surface area contributed by atoms with Crippen molar-refractivity contribution in [2.75, 3.05) is 6.54 Å². The summed E-state index contributed by atoms with van der Waals surface area (Å²) in [5, 5.41) is 8.91. The average Bonchev–Trinajstić information content (AvgIpc) is 2.26. The van der Waals surface area contributed by atoms with Gasteiger partial charge >= 0.3 is 5.97 Å². The summed E-state index contributed by atoms with van der Waals surface area (Å²) in [5.41, 5.74) is 5.18. The maximum absolute atomic E-state index is 10.8. The lowest BCUT2D eigenvalue weighted by Crippen LogP contribution is -2.34. The van der Waals surface area contributed by atoms with Crippen LogP contribution in [0.15, 0.2) is 12.1 Å². The van der Waals surface area contributed by atoms with E-state index in [-0.39, 0.29) is 12.5 Å². The van der Waals surface area contributed by atoms with Crippen molar-refractivity contribution in [3.8, 4) is 0 Å². The molecule has 0 saturated carbocycles. The maximum atomic E-state index is 10.8. The summed E-state index contributed by atoms with van der Waals surface area (Å²) in [6.45, 7) is 12.1. The van der Waals surface area contributed by atoms with E-state index in [4.69, 9.17) is 5.11 Å². The van der Waals surface area contributed by atoms with Gasteiger partial charge in [0.15, 0.2) is 0 Å². The predicted octanol–water partition coefficient (Wildman–Crippen LogP) is 3.30. The summed E-state index contributed by atoms with van der Waals surface area (Å²) in [4.78, 5) is 13.1. The van der Waals surface area contributed by atoms with Gasteiger partial charge in [-0.3, -0.25) is 9.69 Å². The zero-order chi connectivity index (χ0) is 14.6. The third kappa shape index (κ3) is 4.35. The third-order valence-corrected chi connectivity index (χ3v) is 3.70. The van der Waals surface area contributed by atoms with E-state index in [9.17, 15) is 4.79 Å². The van der Waals surface area contributed by atoms with Crippen LogP contribution in [0.5, 0.6) is 0 Å². The van der Waals surface area contributed by atoms with Crippen LogP contribution < -0.4 is 0 Å². The Labute approximate surface area is 116 Å². The lowest BCUT2D eigenvalue weighted by atomic mass is 9.99. The molecule has 0 spiro atoms. The fourth-order valence-corrected chi connectivity index (χ4v) is 2.62. The van der Waals surface area contributed by atoms with Crippen LogP contribution in [-0.4, -0.2) is 28.6 Å². The number of aliphatic carboxylic acids is 1. The Balaban J connectivity index is 2.90. The van der Waals surface area contributed by atoms with Crippen molar-refractivity contribution in [2.45, 2.75) is 53.6 Å². The minimum Gasteiger partial charge on any atom is -0.481 e. The van der Waals surface area contributed by atoms with Gasteiger partial charge in [-0.1, -0.05) is 24.6 Å². The van der Waals surface area contributed by atoms with Gasteiger partial charge in [-0.2, -0.15) is 0 Å². The second-order valence-electron chi connectivity index (χ2n) is 5.39. The topological polar surface area (TPSA) is 40.5 Å². The van der Waals surface area contributed by atoms with E-state index in [2.05, 4.69) is 44.7 Å². The van der Waals surface area contributed by atoms with Crippen LogP contribution in [0.25, 0.3) is 0 Å². The molecule has 1 aromatic carbocycles. The Hall–Kier alpha value is -1.35. The van der Waals surface area contributed by atoms with E-state index in [1.54, 1.807) is 0 Å². The SMILES string of the molecule is CCN(Cc1c(C)cc(C)cc1C)C(C)CC(=O)O. The van der Waals surface area contributed by atoms with Crippen LogP contribution in [0.2, 0.25) is 0 Å². The highest BCUT2D eigenvalue weighted by Gasteiger charge is 2.17. The van der Waals surface area contributed by atoms with Crippen LogP contribution in [0.1, 0.15) is 42.5 Å². The Morgan fingerprint density at radius 3 is 2.21 bits per heavy atom. The first-order valence-electron chi connectivity index (χ1n) is 6.87. The zero-order valence-corrected chi connectivity index (χ0v) is 12.7. The molecule has 1 rings (SSSR count). The number of rotatable bonds is 6. The molecule has 106 valence electrons. The van der Waals surface area contributed by atoms with Crippen LogP contribution >= 0.6 is 0 Å². The second kappa shape index (κ2) is 6.71. The summed E-state index contributed by atoms with van der Waals surface area (Å²) < 4.78 is 0. The molecule has 0 bridgehead atoms. The molecule has 0 fully saturated rings. The normalized spacial score (nSPS) is 12.7. The van der Waals surface area contributed by atoms with Crippen LogP contribution in [0, 0.1) is 20.8 Å². The van der Waals surface area contributed by atoms with Gasteiger partial charge in [0.25, 0.3) is 0 Å². The quantitative estimate of drug-likeness (QED) is 0.856. The highest BCUT2D eigenvalue weighted by Crippen LogP contribution is 2.20. The summed E-state index contributed by atoms with van der Waals surface area (Å²) in [6.07, 6.45) is 0.192.